The fourth-order valence-electron chi connectivity index (χ4n) is 12.1. The quantitative estimate of drug-likeness (QED) is 0.0219. The number of carbonyl (C=O) groups is 6. The summed E-state index contributed by atoms with van der Waals surface area (Å²) in [6.45, 7) is 9.96. The van der Waals surface area contributed by atoms with Gasteiger partial charge in [-0.1, -0.05) is 49.2 Å². The van der Waals surface area contributed by atoms with E-state index in [2.05, 4.69) is 66.4 Å². The molecule has 22 nitrogen and oxygen atoms in total. The third kappa shape index (κ3) is 12.9. The van der Waals surface area contributed by atoms with E-state index in [-0.39, 0.29) is 64.6 Å². The highest BCUT2D eigenvalue weighted by molar-refractivity contribution is 7.90. The topological polar surface area (TPSA) is 279 Å². The van der Waals surface area contributed by atoms with Crippen LogP contribution < -0.4 is 30.3 Å². The molecule has 1 atom stereocenters. The Morgan fingerprint density at radius 2 is 1.65 bits per heavy atom. The fourth-order valence-corrected chi connectivity index (χ4v) is 13.2. The van der Waals surface area contributed by atoms with Gasteiger partial charge in [0.25, 0.3) is 33.4 Å². The van der Waals surface area contributed by atoms with Crippen LogP contribution >= 0.6 is 11.6 Å². The summed E-state index contributed by atoms with van der Waals surface area (Å²) in [6, 6.07) is 23.8. The first-order chi connectivity index (χ1) is 41.3. The molecule has 86 heavy (non-hydrogen) atoms. The summed E-state index contributed by atoms with van der Waals surface area (Å²) in [5, 5.41) is 22.4. The van der Waals surface area contributed by atoms with E-state index in [1.807, 2.05) is 18.2 Å². The van der Waals surface area contributed by atoms with Crippen LogP contribution in [0.1, 0.15) is 108 Å². The van der Waals surface area contributed by atoms with Crippen LogP contribution in [0.5, 0.6) is 11.5 Å². The normalized spacial score (nSPS) is 18.5. The summed E-state index contributed by atoms with van der Waals surface area (Å²) in [6.07, 6.45) is 8.23. The van der Waals surface area contributed by atoms with Crippen LogP contribution in [0.4, 0.5) is 22.7 Å². The van der Waals surface area contributed by atoms with Crippen molar-refractivity contribution in [2.24, 2.45) is 11.3 Å². The molecule has 5 N–H and O–H groups in total. The third-order valence-corrected chi connectivity index (χ3v) is 18.5. The average Bonchev–Trinajstić information content (AvgIpc) is 2.23. The first kappa shape index (κ1) is 59.1. The number of halogens is 1. The van der Waals surface area contributed by atoms with Gasteiger partial charge in [0.15, 0.2) is 0 Å². The Morgan fingerprint density at radius 3 is 2.41 bits per heavy atom. The SMILES string of the molecule is CC1(C)CCC(CN2CCN(c3ccc(C(=O)NS(=O)(=O)c4ccc(NCC5CCN(C(=O)CCCNc6cccc7c6C(=O)N(C6CCC(=O)NC6=O)C7=O)CC5)c([N+](=O)[O-])c4)c(Oc4cnc5[nH]ccc5c4)c3)CC2)=C(c2ccc(Cl)cc2)C1. The molecule has 6 aromatic rings. The Hall–Kier alpha value is -8.67. The van der Waals surface area contributed by atoms with E-state index in [0.29, 0.717) is 80.6 Å². The molecule has 3 saturated heterocycles. The maximum Gasteiger partial charge on any atom is 0.293 e. The number of anilines is 3. The molecule has 0 bridgehead atoms. The second kappa shape index (κ2) is 24.7. The first-order valence-corrected chi connectivity index (χ1v) is 30.8. The van der Waals surface area contributed by atoms with Gasteiger partial charge < -0.3 is 30.2 Å². The molecule has 0 radical (unpaired) electrons. The summed E-state index contributed by atoms with van der Waals surface area (Å²) in [5.41, 5.74) is 5.81. The lowest BCUT2D eigenvalue weighted by molar-refractivity contribution is -0.384. The summed E-state index contributed by atoms with van der Waals surface area (Å²) in [7, 11) is -4.68. The van der Waals surface area contributed by atoms with Crippen LogP contribution in [0.3, 0.4) is 0 Å². The van der Waals surface area contributed by atoms with Crippen LogP contribution in [0.25, 0.3) is 16.6 Å². The number of carbonyl (C=O) groups excluding carboxylic acids is 6. The maximum atomic E-state index is 14.2. The molecule has 6 amide bonds. The molecule has 5 aliphatic rings. The smallest absolute Gasteiger partial charge is 0.293 e. The Bertz CT molecular complexity index is 3830. The van der Waals surface area contributed by atoms with Crippen LogP contribution in [0.15, 0.2) is 114 Å². The second-order valence-electron chi connectivity index (χ2n) is 23.3. The minimum Gasteiger partial charge on any atom is -0.455 e. The number of aromatic amines is 1. The average molecular weight is 1210 g/mol. The molecule has 1 unspecified atom stereocenters. The van der Waals surface area contributed by atoms with E-state index < -0.39 is 61.1 Å². The number of amides is 6. The minimum absolute atomic E-state index is 0.00898. The van der Waals surface area contributed by atoms with Gasteiger partial charge in [0.05, 0.1) is 32.7 Å². The van der Waals surface area contributed by atoms with Crippen LogP contribution in [-0.2, 0) is 24.4 Å². The number of nitrogens with zero attached hydrogens (tertiary/aromatic N) is 6. The highest BCUT2D eigenvalue weighted by Crippen LogP contribution is 2.44. The van der Waals surface area contributed by atoms with Crippen molar-refractivity contribution in [1.82, 2.24) is 34.7 Å². The summed E-state index contributed by atoms with van der Waals surface area (Å²) in [4.78, 5) is 104. The van der Waals surface area contributed by atoms with Gasteiger partial charge in [-0.3, -0.25) is 54.0 Å². The number of likely N-dealkylation sites (tertiary alicyclic amines) is 1. The van der Waals surface area contributed by atoms with Gasteiger partial charge in [0.2, 0.25) is 17.7 Å². The highest BCUT2D eigenvalue weighted by atomic mass is 35.5. The van der Waals surface area contributed by atoms with Gasteiger partial charge in [-0.15, -0.1) is 0 Å². The molecule has 4 aromatic carbocycles. The maximum absolute atomic E-state index is 14.2. The number of rotatable bonds is 19. The monoisotopic (exact) mass is 1210 g/mol. The Balaban J connectivity index is 0.689. The summed E-state index contributed by atoms with van der Waals surface area (Å²) < 4.78 is 36.4. The summed E-state index contributed by atoms with van der Waals surface area (Å²) in [5.74, 6) is -3.04. The molecule has 0 spiro atoms. The van der Waals surface area contributed by atoms with Crippen molar-refractivity contribution in [3.8, 4) is 11.5 Å². The number of nitrogens with one attached hydrogen (secondary N) is 5. The molecular formula is C62H66ClN11O11S. The molecule has 6 heterocycles. The van der Waals surface area contributed by atoms with Gasteiger partial charge in [-0.2, -0.15) is 0 Å². The van der Waals surface area contributed by atoms with Gasteiger partial charge in [-0.25, -0.2) is 18.1 Å². The van der Waals surface area contributed by atoms with Gasteiger partial charge in [-0.05, 0) is 128 Å². The van der Waals surface area contributed by atoms with Gasteiger partial charge in [0.1, 0.15) is 28.9 Å². The number of ether oxygens (including phenoxy) is 1. The van der Waals surface area contributed by atoms with Crippen LogP contribution in [-0.4, -0.2) is 138 Å². The number of hydrogen-bond donors (Lipinski definition) is 5. The fraction of sp³-hybridized carbons (Fsp3) is 0.371. The number of nitro benzene ring substituents is 1. The molecular weight excluding hydrogens is 1140 g/mol. The number of imide groups is 2. The molecule has 24 heteroatoms. The number of aromatic nitrogens is 2. The summed E-state index contributed by atoms with van der Waals surface area (Å²) >= 11 is 6.27. The largest absolute Gasteiger partial charge is 0.455 e. The highest BCUT2D eigenvalue weighted by Gasteiger charge is 2.46. The lowest BCUT2D eigenvalue weighted by Crippen LogP contribution is -2.54. The number of benzene rings is 4. The number of allylic oxidation sites excluding steroid dienone is 1. The molecule has 3 fully saturated rings. The zero-order valence-electron chi connectivity index (χ0n) is 47.7. The predicted molar refractivity (Wildman–Crippen MR) is 324 cm³/mol. The van der Waals surface area contributed by atoms with Crippen molar-refractivity contribution in [1.29, 1.82) is 0 Å². The van der Waals surface area contributed by atoms with E-state index >= 15 is 0 Å². The zero-order valence-corrected chi connectivity index (χ0v) is 49.2. The standard InChI is InChI=1S/C62H66ClN11O11S/c1-62(2)22-18-41(48(34-62)39-8-10-42(63)11-9-39)37-70-27-29-71(30-28-70)43-12-14-46(53(32-43)85-44-31-40-19-24-65-57(40)67-36-44)58(77)69-86(83,84)45-13-15-49(52(33-45)74(81)82)66-35-38-20-25-72(26-21-38)55(76)7-4-23-64-50-6-3-5-47-56(50)61(80)73(60(47)79)51-16-17-54(75)68-59(51)78/h3,5-6,8-15,19,24,31-33,36,38,51,64,66H,4,7,16-18,20-23,25-30,34-35,37H2,1-2H3,(H,65,67)(H,69,77)(H,68,75,78). The van der Waals surface area contributed by atoms with Crippen molar-refractivity contribution in [3.05, 3.63) is 146 Å². The van der Waals surface area contributed by atoms with E-state index in [1.165, 1.54) is 47.2 Å². The van der Waals surface area contributed by atoms with Crippen molar-refractivity contribution < 1.29 is 46.8 Å². The van der Waals surface area contributed by atoms with Crippen molar-refractivity contribution in [2.45, 2.75) is 82.6 Å². The first-order valence-electron chi connectivity index (χ1n) is 28.9. The van der Waals surface area contributed by atoms with E-state index in [4.69, 9.17) is 16.3 Å². The number of fused-ring (bicyclic) bond motifs is 2. The van der Waals surface area contributed by atoms with Gasteiger partial charge in [0, 0.05) is 112 Å². The third-order valence-electron chi connectivity index (χ3n) is 16.9. The molecule has 448 valence electrons. The molecule has 11 rings (SSSR count). The van der Waals surface area contributed by atoms with Crippen LogP contribution in [0.2, 0.25) is 5.02 Å². The Labute approximate surface area is 501 Å². The minimum atomic E-state index is -4.68. The number of piperidine rings is 2. The number of hydrogen-bond acceptors (Lipinski definition) is 16. The lowest BCUT2D eigenvalue weighted by atomic mass is 9.72. The Kier molecular flexibility index (Phi) is 17.0. The van der Waals surface area contributed by atoms with E-state index in [0.717, 1.165) is 60.9 Å². The molecule has 0 saturated carbocycles. The molecule has 1 aliphatic carbocycles. The number of H-pyrrole nitrogens is 1. The Morgan fingerprint density at radius 1 is 0.872 bits per heavy atom. The molecule has 4 aliphatic heterocycles. The molecule has 2 aromatic heterocycles. The zero-order chi connectivity index (χ0) is 60.4. The van der Waals surface area contributed by atoms with Gasteiger partial charge >= 0.3 is 0 Å². The van der Waals surface area contributed by atoms with E-state index in [9.17, 15) is 47.3 Å². The number of pyridine rings is 1. The van der Waals surface area contributed by atoms with Crippen molar-refractivity contribution in [3.63, 3.8) is 0 Å². The number of sulfonamides is 1. The number of nitro groups is 1. The second-order valence-corrected chi connectivity index (χ2v) is 25.5. The lowest BCUT2D eigenvalue weighted by Gasteiger charge is -2.39. The van der Waals surface area contributed by atoms with Crippen molar-refractivity contribution >= 4 is 96.4 Å². The van der Waals surface area contributed by atoms with Crippen molar-refractivity contribution in [2.75, 3.05) is 74.4 Å². The van der Waals surface area contributed by atoms with Crippen LogP contribution in [0, 0.1) is 21.4 Å². The number of piperazine rings is 1. The predicted octanol–water partition coefficient (Wildman–Crippen LogP) is 8.77. The van der Waals surface area contributed by atoms with E-state index in [1.54, 1.807) is 41.4 Å².